The summed E-state index contributed by atoms with van der Waals surface area (Å²) >= 11 is 0. The molecule has 0 heterocycles. The summed E-state index contributed by atoms with van der Waals surface area (Å²) in [6.45, 7) is 20.1. The molecule has 4 aliphatic rings. The molecule has 0 aromatic heterocycles. The molecular formula is C27H44. The van der Waals surface area contributed by atoms with Crippen LogP contribution in [0.2, 0.25) is 0 Å². The molecular weight excluding hydrogens is 324 g/mol. The van der Waals surface area contributed by atoms with E-state index in [1.807, 2.05) is 13.8 Å². The van der Waals surface area contributed by atoms with E-state index < -0.39 is 0 Å². The van der Waals surface area contributed by atoms with Crippen LogP contribution in [0, 0.1) is 28.6 Å². The summed E-state index contributed by atoms with van der Waals surface area (Å²) in [5, 5.41) is 0. The largest absolute Gasteiger partial charge is 0.0958 e. The summed E-state index contributed by atoms with van der Waals surface area (Å²) < 4.78 is 0. The summed E-state index contributed by atoms with van der Waals surface area (Å²) in [4.78, 5) is 0. The SMILES string of the molecule is C=C1C=C2C=CC3C4=CCC(C)C4(C)CCC3C2(C)CC1.CC.CCCC. The van der Waals surface area contributed by atoms with Crippen molar-refractivity contribution in [2.45, 2.75) is 93.4 Å². The van der Waals surface area contributed by atoms with Crippen molar-refractivity contribution in [2.75, 3.05) is 0 Å². The lowest BCUT2D eigenvalue weighted by molar-refractivity contribution is 0.0850. The van der Waals surface area contributed by atoms with Gasteiger partial charge in [-0.15, -0.1) is 0 Å². The van der Waals surface area contributed by atoms with Gasteiger partial charge >= 0.3 is 0 Å². The number of allylic oxidation sites excluding steroid dienone is 7. The molecule has 1 saturated carbocycles. The summed E-state index contributed by atoms with van der Waals surface area (Å²) in [6.07, 6.45) is 19.1. The van der Waals surface area contributed by atoms with Gasteiger partial charge in [0.15, 0.2) is 0 Å². The Labute approximate surface area is 169 Å². The highest BCUT2D eigenvalue weighted by atomic mass is 14.6. The Morgan fingerprint density at radius 3 is 2.37 bits per heavy atom. The zero-order valence-electron chi connectivity index (χ0n) is 19.2. The summed E-state index contributed by atoms with van der Waals surface area (Å²) in [5.74, 6) is 2.34. The van der Waals surface area contributed by atoms with Crippen LogP contribution < -0.4 is 0 Å². The maximum atomic E-state index is 4.19. The van der Waals surface area contributed by atoms with E-state index in [9.17, 15) is 0 Å². The molecule has 1 fully saturated rings. The second-order valence-corrected chi connectivity index (χ2v) is 9.42. The molecule has 0 spiro atoms. The lowest BCUT2D eigenvalue weighted by atomic mass is 9.50. The van der Waals surface area contributed by atoms with E-state index in [0.29, 0.717) is 16.7 Å². The summed E-state index contributed by atoms with van der Waals surface area (Å²) in [6, 6.07) is 0. The second kappa shape index (κ2) is 8.97. The first-order valence-electron chi connectivity index (χ1n) is 11.7. The monoisotopic (exact) mass is 368 g/mol. The first-order valence-corrected chi connectivity index (χ1v) is 11.7. The average Bonchev–Trinajstić information content (AvgIpc) is 2.99. The van der Waals surface area contributed by atoms with Gasteiger partial charge in [0.05, 0.1) is 0 Å². The maximum Gasteiger partial charge on any atom is 0.00222 e. The molecule has 5 atom stereocenters. The normalized spacial score (nSPS) is 38.8. The Hall–Kier alpha value is -1.04. The van der Waals surface area contributed by atoms with E-state index in [0.717, 1.165) is 11.8 Å². The number of hydrogen-bond acceptors (Lipinski definition) is 0. The van der Waals surface area contributed by atoms with E-state index in [-0.39, 0.29) is 0 Å². The van der Waals surface area contributed by atoms with Crippen LogP contribution in [-0.2, 0) is 0 Å². The fourth-order valence-corrected chi connectivity index (χ4v) is 5.66. The first-order chi connectivity index (χ1) is 12.9. The summed E-state index contributed by atoms with van der Waals surface area (Å²) in [7, 11) is 0. The summed E-state index contributed by atoms with van der Waals surface area (Å²) in [5.41, 5.74) is 5.50. The van der Waals surface area contributed by atoms with Crippen molar-refractivity contribution in [2.24, 2.45) is 28.6 Å². The zero-order valence-corrected chi connectivity index (χ0v) is 19.2. The van der Waals surface area contributed by atoms with Crippen molar-refractivity contribution in [3.8, 4) is 0 Å². The second-order valence-electron chi connectivity index (χ2n) is 9.42. The number of hydrogen-bond donors (Lipinski definition) is 0. The van der Waals surface area contributed by atoms with Gasteiger partial charge in [-0.25, -0.2) is 0 Å². The third-order valence-corrected chi connectivity index (χ3v) is 7.99. The van der Waals surface area contributed by atoms with E-state index in [2.05, 4.69) is 65.5 Å². The van der Waals surface area contributed by atoms with E-state index in [4.69, 9.17) is 0 Å². The lowest BCUT2D eigenvalue weighted by Crippen LogP contribution is -2.45. The molecule has 27 heavy (non-hydrogen) atoms. The topological polar surface area (TPSA) is 0 Å². The molecule has 0 aromatic carbocycles. The molecule has 0 N–H and O–H groups in total. The lowest BCUT2D eigenvalue weighted by Gasteiger charge is -2.54. The average molecular weight is 369 g/mol. The molecule has 4 rings (SSSR count). The fourth-order valence-electron chi connectivity index (χ4n) is 5.66. The molecule has 0 bridgehead atoms. The molecule has 0 radical (unpaired) electrons. The Bertz CT molecular complexity index is 614. The molecule has 0 saturated heterocycles. The zero-order chi connectivity index (χ0) is 20.2. The molecule has 0 aromatic rings. The van der Waals surface area contributed by atoms with Gasteiger partial charge in [0, 0.05) is 5.92 Å². The van der Waals surface area contributed by atoms with Crippen molar-refractivity contribution in [1.82, 2.24) is 0 Å². The molecule has 152 valence electrons. The van der Waals surface area contributed by atoms with Crippen LogP contribution in [0.4, 0.5) is 0 Å². The van der Waals surface area contributed by atoms with Gasteiger partial charge < -0.3 is 0 Å². The molecule has 5 unspecified atom stereocenters. The van der Waals surface area contributed by atoms with Crippen molar-refractivity contribution >= 4 is 0 Å². The van der Waals surface area contributed by atoms with Gasteiger partial charge in [-0.2, -0.15) is 0 Å². The van der Waals surface area contributed by atoms with E-state index in [1.54, 1.807) is 11.1 Å². The van der Waals surface area contributed by atoms with Crippen molar-refractivity contribution < 1.29 is 0 Å². The van der Waals surface area contributed by atoms with Crippen LogP contribution >= 0.6 is 0 Å². The van der Waals surface area contributed by atoms with Gasteiger partial charge in [-0.3, -0.25) is 0 Å². The highest BCUT2D eigenvalue weighted by Gasteiger charge is 2.53. The minimum absolute atomic E-state index is 0.384. The minimum Gasteiger partial charge on any atom is -0.0958 e. The van der Waals surface area contributed by atoms with Crippen molar-refractivity contribution in [3.63, 3.8) is 0 Å². The van der Waals surface area contributed by atoms with E-state index in [1.165, 1.54) is 50.5 Å². The highest BCUT2D eigenvalue weighted by molar-refractivity contribution is 5.44. The van der Waals surface area contributed by atoms with E-state index >= 15 is 0 Å². The van der Waals surface area contributed by atoms with Crippen LogP contribution in [0.1, 0.15) is 93.4 Å². The molecule has 0 heteroatoms. The third kappa shape index (κ3) is 3.92. The molecule has 0 nitrogen and oxygen atoms in total. The predicted molar refractivity (Wildman–Crippen MR) is 122 cm³/mol. The van der Waals surface area contributed by atoms with Crippen LogP contribution in [0.5, 0.6) is 0 Å². The van der Waals surface area contributed by atoms with Crippen LogP contribution in [-0.4, -0.2) is 0 Å². The first kappa shape index (κ1) is 22.3. The van der Waals surface area contributed by atoms with Gasteiger partial charge in [-0.1, -0.05) is 103 Å². The molecule has 0 aliphatic heterocycles. The third-order valence-electron chi connectivity index (χ3n) is 7.99. The van der Waals surface area contributed by atoms with Crippen LogP contribution in [0.25, 0.3) is 0 Å². The maximum absolute atomic E-state index is 4.19. The van der Waals surface area contributed by atoms with Gasteiger partial charge in [0.2, 0.25) is 0 Å². The van der Waals surface area contributed by atoms with Crippen molar-refractivity contribution in [3.05, 3.63) is 47.6 Å². The molecule has 4 aliphatic carbocycles. The fraction of sp³-hybridized carbons (Fsp3) is 0.704. The van der Waals surface area contributed by atoms with Crippen molar-refractivity contribution in [1.29, 1.82) is 0 Å². The van der Waals surface area contributed by atoms with Gasteiger partial charge in [0.1, 0.15) is 0 Å². The number of unbranched alkanes of at least 4 members (excludes halogenated alkanes) is 1. The smallest absolute Gasteiger partial charge is 0.00222 e. The Balaban J connectivity index is 0.000000389. The number of rotatable bonds is 1. The number of fused-ring (bicyclic) bond motifs is 5. The minimum atomic E-state index is 0.384. The Kier molecular flexibility index (Phi) is 7.40. The molecule has 0 amide bonds. The predicted octanol–water partition coefficient (Wildman–Crippen LogP) is 8.67. The van der Waals surface area contributed by atoms with Crippen LogP contribution in [0.3, 0.4) is 0 Å². The highest BCUT2D eigenvalue weighted by Crippen LogP contribution is 2.63. The van der Waals surface area contributed by atoms with Crippen LogP contribution in [0.15, 0.2) is 47.6 Å². The van der Waals surface area contributed by atoms with Gasteiger partial charge in [-0.05, 0) is 60.3 Å². The Morgan fingerprint density at radius 1 is 1.07 bits per heavy atom. The standard InChI is InChI=1S/C21H28.C4H10.C2H6/c1-14-9-11-21(4)16(13-14)6-7-17-18-8-5-15(2)20(18,3)12-10-19(17)21;1-3-4-2;1-2/h6-8,13,15,17,19H,1,5,9-12H2,2-4H3;3-4H2,1-2H3;1-2H3. The quantitative estimate of drug-likeness (QED) is 0.406. The Morgan fingerprint density at radius 2 is 1.74 bits per heavy atom. The van der Waals surface area contributed by atoms with Gasteiger partial charge in [0.25, 0.3) is 0 Å².